The number of halogens is 3. The number of carbonyl (C=O) groups excluding carboxylic acids is 1. The van der Waals surface area contributed by atoms with Crippen LogP contribution in [0.2, 0.25) is 0 Å². The number of fused-ring (bicyclic) bond motifs is 1. The van der Waals surface area contributed by atoms with Crippen LogP contribution < -0.4 is 14.8 Å². The molecule has 3 rings (SSSR count). The van der Waals surface area contributed by atoms with Gasteiger partial charge in [-0.15, -0.1) is 10.2 Å². The minimum absolute atomic E-state index is 0.0212. The topological polar surface area (TPSA) is 78.3 Å². The predicted octanol–water partition coefficient (Wildman–Crippen LogP) is 3.21. The summed E-state index contributed by atoms with van der Waals surface area (Å²) >= 11 is 0.896. The number of benzene rings is 1. The Balaban J connectivity index is 1.66. The fraction of sp³-hybridized carbons (Fsp3) is 0.500. The molecule has 0 saturated carbocycles. The lowest BCUT2D eigenvalue weighted by molar-refractivity contribution is -0.147. The summed E-state index contributed by atoms with van der Waals surface area (Å²) < 4.78 is 50.3. The van der Waals surface area contributed by atoms with Gasteiger partial charge >= 0.3 is 6.18 Å². The third kappa shape index (κ3) is 4.95. The molecule has 0 radical (unpaired) electrons. The molecule has 1 N–H and O–H groups in total. The average Bonchev–Trinajstić information content (AvgIpc) is 3.04. The summed E-state index contributed by atoms with van der Waals surface area (Å²) in [7, 11) is 1.22. The molecule has 0 unspecified atom stereocenters. The highest BCUT2D eigenvalue weighted by molar-refractivity contribution is 7.99. The maximum absolute atomic E-state index is 12.8. The van der Waals surface area contributed by atoms with E-state index in [4.69, 9.17) is 9.47 Å². The van der Waals surface area contributed by atoms with Crippen LogP contribution in [0.25, 0.3) is 0 Å². The summed E-state index contributed by atoms with van der Waals surface area (Å²) in [6.45, 7) is 4.88. The Hall–Kier alpha value is -2.43. The number of nitrogens with one attached hydrogen (secondary N) is 1. The lowest BCUT2D eigenvalue weighted by Crippen LogP contribution is -2.33. The molecule has 1 aromatic carbocycles. The van der Waals surface area contributed by atoms with Gasteiger partial charge in [0.15, 0.2) is 16.7 Å². The molecule has 2 aromatic rings. The van der Waals surface area contributed by atoms with Crippen LogP contribution >= 0.6 is 11.8 Å². The first-order chi connectivity index (χ1) is 13.7. The molecular formula is C18H21F3N4O3S. The van der Waals surface area contributed by atoms with E-state index in [1.807, 2.05) is 26.0 Å². The molecule has 1 aromatic heterocycles. The number of carbonyl (C=O) groups is 1. The molecule has 1 amide bonds. The van der Waals surface area contributed by atoms with Crippen molar-refractivity contribution in [3.8, 4) is 11.5 Å². The van der Waals surface area contributed by atoms with Crippen LogP contribution in [0.15, 0.2) is 23.4 Å². The molecule has 1 atom stereocenters. The highest BCUT2D eigenvalue weighted by atomic mass is 32.2. The van der Waals surface area contributed by atoms with Crippen LogP contribution in [0.1, 0.15) is 31.3 Å². The van der Waals surface area contributed by atoms with Crippen molar-refractivity contribution in [2.75, 3.05) is 19.0 Å². The Labute approximate surface area is 170 Å². The van der Waals surface area contributed by atoms with Gasteiger partial charge in [-0.3, -0.25) is 4.79 Å². The lowest BCUT2D eigenvalue weighted by Gasteiger charge is -2.25. The van der Waals surface area contributed by atoms with Gasteiger partial charge in [0.25, 0.3) is 0 Å². The van der Waals surface area contributed by atoms with Crippen LogP contribution in [-0.4, -0.2) is 39.6 Å². The number of nitrogens with zero attached hydrogens (tertiary/aromatic N) is 3. The smallest absolute Gasteiger partial charge is 0.451 e. The monoisotopic (exact) mass is 430 g/mol. The Morgan fingerprint density at radius 1 is 1.24 bits per heavy atom. The standard InChI is InChI=1S/C18H21F3N4O3S/c1-10(2)15(11-4-5-12-13(8-11)28-7-6-27-12)22-14(26)9-29-17-24-23-16(25(17)3)18(19,20)21/h4-5,8,10,15H,6-7,9H2,1-3H3,(H,22,26)/t15-/m0/s1. The zero-order chi connectivity index (χ0) is 21.2. The Kier molecular flexibility index (Phi) is 6.25. The number of thioether (sulfide) groups is 1. The zero-order valence-electron chi connectivity index (χ0n) is 16.1. The van der Waals surface area contributed by atoms with Crippen molar-refractivity contribution in [1.82, 2.24) is 20.1 Å². The SMILES string of the molecule is CC(C)[C@H](NC(=O)CSc1nnc(C(F)(F)F)n1C)c1ccc2c(c1)OCCO2. The molecule has 11 heteroatoms. The van der Waals surface area contributed by atoms with Crippen LogP contribution in [0.4, 0.5) is 13.2 Å². The van der Waals surface area contributed by atoms with Gasteiger partial charge in [0, 0.05) is 7.05 Å². The third-order valence-corrected chi connectivity index (χ3v) is 5.35. The summed E-state index contributed by atoms with van der Waals surface area (Å²) in [6, 6.07) is 5.22. The Morgan fingerprint density at radius 2 is 1.93 bits per heavy atom. The summed E-state index contributed by atoms with van der Waals surface area (Å²) in [6.07, 6.45) is -4.59. The van der Waals surface area contributed by atoms with E-state index in [2.05, 4.69) is 15.5 Å². The molecule has 0 saturated heterocycles. The van der Waals surface area contributed by atoms with Gasteiger partial charge in [0.2, 0.25) is 11.7 Å². The van der Waals surface area contributed by atoms with Gasteiger partial charge in [-0.25, -0.2) is 0 Å². The average molecular weight is 430 g/mol. The summed E-state index contributed by atoms with van der Waals surface area (Å²) in [4.78, 5) is 12.4. The highest BCUT2D eigenvalue weighted by Crippen LogP contribution is 2.34. The number of rotatable bonds is 6. The van der Waals surface area contributed by atoms with Crippen molar-refractivity contribution >= 4 is 17.7 Å². The van der Waals surface area contributed by atoms with Gasteiger partial charge in [0.05, 0.1) is 11.8 Å². The predicted molar refractivity (Wildman–Crippen MR) is 99.9 cm³/mol. The second-order valence-electron chi connectivity index (χ2n) is 6.84. The third-order valence-electron chi connectivity index (χ3n) is 4.33. The highest BCUT2D eigenvalue weighted by Gasteiger charge is 2.37. The van der Waals surface area contributed by atoms with Crippen molar-refractivity contribution in [3.63, 3.8) is 0 Å². The van der Waals surface area contributed by atoms with Crippen molar-refractivity contribution < 1.29 is 27.4 Å². The summed E-state index contributed by atoms with van der Waals surface area (Å²) in [5.41, 5.74) is 0.862. The number of hydrogen-bond donors (Lipinski definition) is 1. The van der Waals surface area contributed by atoms with E-state index in [1.54, 1.807) is 6.07 Å². The van der Waals surface area contributed by atoms with Crippen LogP contribution in [-0.2, 0) is 18.0 Å². The molecule has 158 valence electrons. The van der Waals surface area contributed by atoms with Gasteiger partial charge < -0.3 is 19.4 Å². The van der Waals surface area contributed by atoms with Crippen molar-refractivity contribution in [1.29, 1.82) is 0 Å². The lowest BCUT2D eigenvalue weighted by atomic mass is 9.95. The van der Waals surface area contributed by atoms with Crippen molar-refractivity contribution in [2.45, 2.75) is 31.2 Å². The van der Waals surface area contributed by atoms with Crippen LogP contribution in [0, 0.1) is 5.92 Å². The van der Waals surface area contributed by atoms with E-state index in [0.717, 1.165) is 21.9 Å². The van der Waals surface area contributed by atoms with E-state index in [1.165, 1.54) is 7.05 Å². The molecular weight excluding hydrogens is 409 g/mol. The second-order valence-corrected chi connectivity index (χ2v) is 7.79. The molecule has 1 aliphatic rings. The quantitative estimate of drug-likeness (QED) is 0.709. The molecule has 7 nitrogen and oxygen atoms in total. The van der Waals surface area contributed by atoms with E-state index in [-0.39, 0.29) is 28.8 Å². The fourth-order valence-electron chi connectivity index (χ4n) is 2.92. The Morgan fingerprint density at radius 3 is 2.55 bits per heavy atom. The summed E-state index contributed by atoms with van der Waals surface area (Å²) in [5, 5.41) is 9.62. The molecule has 0 aliphatic carbocycles. The van der Waals surface area contributed by atoms with Crippen molar-refractivity contribution in [2.24, 2.45) is 13.0 Å². The maximum atomic E-state index is 12.8. The number of alkyl halides is 3. The van der Waals surface area contributed by atoms with E-state index < -0.39 is 12.0 Å². The summed E-state index contributed by atoms with van der Waals surface area (Å²) in [5.74, 6) is -0.138. The molecule has 0 fully saturated rings. The second kappa shape index (κ2) is 8.52. The van der Waals surface area contributed by atoms with E-state index in [0.29, 0.717) is 24.7 Å². The van der Waals surface area contributed by atoms with Crippen molar-refractivity contribution in [3.05, 3.63) is 29.6 Å². The van der Waals surface area contributed by atoms with Gasteiger partial charge in [0.1, 0.15) is 13.2 Å². The number of hydrogen-bond acceptors (Lipinski definition) is 6. The largest absolute Gasteiger partial charge is 0.486 e. The van der Waals surface area contributed by atoms with Gasteiger partial charge in [-0.05, 0) is 23.6 Å². The van der Waals surface area contributed by atoms with Gasteiger partial charge in [-0.1, -0.05) is 31.7 Å². The number of amides is 1. The molecule has 0 bridgehead atoms. The fourth-order valence-corrected chi connectivity index (χ4v) is 3.64. The Bertz CT molecular complexity index is 886. The normalized spacial score (nSPS) is 14.7. The van der Waals surface area contributed by atoms with Crippen LogP contribution in [0.5, 0.6) is 11.5 Å². The van der Waals surface area contributed by atoms with E-state index >= 15 is 0 Å². The first-order valence-corrected chi connectivity index (χ1v) is 9.93. The number of ether oxygens (including phenoxy) is 2. The molecule has 1 aliphatic heterocycles. The molecule has 2 heterocycles. The first-order valence-electron chi connectivity index (χ1n) is 8.95. The van der Waals surface area contributed by atoms with E-state index in [9.17, 15) is 18.0 Å². The first kappa shape index (κ1) is 21.3. The maximum Gasteiger partial charge on any atom is 0.451 e. The minimum atomic E-state index is -4.59. The number of aromatic nitrogens is 3. The molecule has 0 spiro atoms. The molecule has 29 heavy (non-hydrogen) atoms. The minimum Gasteiger partial charge on any atom is -0.486 e. The van der Waals surface area contributed by atoms with Gasteiger partial charge in [-0.2, -0.15) is 13.2 Å². The van der Waals surface area contributed by atoms with Crippen LogP contribution in [0.3, 0.4) is 0 Å². The zero-order valence-corrected chi connectivity index (χ0v) is 16.9.